The summed E-state index contributed by atoms with van der Waals surface area (Å²) in [6, 6.07) is 0. The monoisotopic (exact) mass is 376 g/mol. The Hall–Kier alpha value is -1.03. The summed E-state index contributed by atoms with van der Waals surface area (Å²) in [4.78, 5) is 11.8. The van der Waals surface area contributed by atoms with E-state index in [4.69, 9.17) is 9.47 Å². The first kappa shape index (κ1) is 19.3. The molecule has 1 aliphatic heterocycles. The lowest BCUT2D eigenvalue weighted by Gasteiger charge is -2.57. The molecule has 4 bridgehead atoms. The third-order valence-corrected chi connectivity index (χ3v) is 7.80. The molecule has 5 rings (SSSR count). The molecule has 1 unspecified atom stereocenters. The van der Waals surface area contributed by atoms with Crippen molar-refractivity contribution in [2.45, 2.75) is 89.6 Å². The van der Waals surface area contributed by atoms with Gasteiger partial charge in [-0.05, 0) is 93.8 Å². The summed E-state index contributed by atoms with van der Waals surface area (Å²) >= 11 is 0. The highest BCUT2D eigenvalue weighted by Crippen LogP contribution is 2.62. The van der Waals surface area contributed by atoms with E-state index in [9.17, 15) is 9.90 Å². The lowest BCUT2D eigenvalue weighted by Crippen LogP contribution is -2.46. The third kappa shape index (κ3) is 4.21. The van der Waals surface area contributed by atoms with E-state index in [1.54, 1.807) is 6.26 Å². The van der Waals surface area contributed by atoms with Gasteiger partial charge in [-0.3, -0.25) is 0 Å². The smallest absolute Gasteiger partial charge is 0.334 e. The molecule has 5 aliphatic rings. The maximum Gasteiger partial charge on any atom is 0.334 e. The van der Waals surface area contributed by atoms with Crippen molar-refractivity contribution in [3.8, 4) is 0 Å². The van der Waals surface area contributed by atoms with E-state index in [1.807, 2.05) is 0 Å². The van der Waals surface area contributed by atoms with E-state index in [2.05, 4.69) is 6.92 Å². The first-order valence-corrected chi connectivity index (χ1v) is 11.2. The highest BCUT2D eigenvalue weighted by molar-refractivity contribution is 5.86. The summed E-state index contributed by atoms with van der Waals surface area (Å²) in [5.41, 5.74) is 0.810. The molecule has 0 amide bonds. The minimum absolute atomic E-state index is 0.0800. The van der Waals surface area contributed by atoms with Crippen molar-refractivity contribution in [2.75, 3.05) is 13.2 Å². The van der Waals surface area contributed by atoms with Crippen molar-refractivity contribution < 1.29 is 19.4 Å². The molecule has 0 radical (unpaired) electrons. The van der Waals surface area contributed by atoms with Crippen LogP contribution in [0.4, 0.5) is 0 Å². The molecule has 1 N–H and O–H groups in total. The number of ether oxygens (including phenoxy) is 2. The van der Waals surface area contributed by atoms with Crippen molar-refractivity contribution in [1.82, 2.24) is 0 Å². The molecule has 0 aromatic rings. The first-order valence-electron chi connectivity index (χ1n) is 11.2. The maximum atomic E-state index is 11.8. The molecule has 0 aromatic heterocycles. The summed E-state index contributed by atoms with van der Waals surface area (Å²) in [5.74, 6) is 1.76. The van der Waals surface area contributed by atoms with Crippen LogP contribution in [-0.4, -0.2) is 29.9 Å². The zero-order chi connectivity index (χ0) is 18.9. The number of hydrogen-bond acceptors (Lipinski definition) is 3. The second kappa shape index (κ2) is 7.77. The van der Waals surface area contributed by atoms with Crippen LogP contribution in [0.3, 0.4) is 0 Å². The standard InChI is InChI=1S/C23H36O4/c1-2-4-23(6-8-27-23)5-3-7-26-16-20(21(24)25)15-22-12-17-9-18(13-22)11-19(10-17)14-22/h16-19H,2-15H2,1H3,(H,24,25). The van der Waals surface area contributed by atoms with Crippen molar-refractivity contribution in [3.63, 3.8) is 0 Å². The van der Waals surface area contributed by atoms with E-state index in [0.29, 0.717) is 18.6 Å². The molecule has 27 heavy (non-hydrogen) atoms. The van der Waals surface area contributed by atoms with Gasteiger partial charge in [-0.25, -0.2) is 4.79 Å². The van der Waals surface area contributed by atoms with Crippen LogP contribution in [0, 0.1) is 23.2 Å². The van der Waals surface area contributed by atoms with Crippen LogP contribution in [0.15, 0.2) is 11.8 Å². The van der Waals surface area contributed by atoms with E-state index < -0.39 is 5.97 Å². The molecular weight excluding hydrogens is 340 g/mol. The summed E-state index contributed by atoms with van der Waals surface area (Å²) < 4.78 is 11.5. The Morgan fingerprint density at radius 1 is 1.15 bits per heavy atom. The zero-order valence-corrected chi connectivity index (χ0v) is 16.9. The zero-order valence-electron chi connectivity index (χ0n) is 16.9. The Bertz CT molecular complexity index is 540. The molecule has 4 saturated carbocycles. The van der Waals surface area contributed by atoms with Gasteiger partial charge in [0.1, 0.15) is 0 Å². The van der Waals surface area contributed by atoms with E-state index >= 15 is 0 Å². The summed E-state index contributed by atoms with van der Waals surface area (Å²) in [6.45, 7) is 3.67. The summed E-state index contributed by atoms with van der Waals surface area (Å²) in [6.07, 6.45) is 15.5. The van der Waals surface area contributed by atoms with Crippen LogP contribution in [-0.2, 0) is 14.3 Å². The average Bonchev–Trinajstić information content (AvgIpc) is 2.56. The summed E-state index contributed by atoms with van der Waals surface area (Å²) in [7, 11) is 0. The van der Waals surface area contributed by atoms with E-state index in [0.717, 1.165) is 56.5 Å². The molecule has 0 aromatic carbocycles. The number of carbonyl (C=O) groups is 1. The Balaban J connectivity index is 1.28. The molecule has 4 heteroatoms. The van der Waals surface area contributed by atoms with Gasteiger partial charge in [-0.2, -0.15) is 0 Å². The van der Waals surface area contributed by atoms with Crippen molar-refractivity contribution in [3.05, 3.63) is 11.8 Å². The highest BCUT2D eigenvalue weighted by atomic mass is 16.5. The lowest BCUT2D eigenvalue weighted by molar-refractivity contribution is -0.157. The molecular formula is C23H36O4. The van der Waals surface area contributed by atoms with Crippen LogP contribution in [0.25, 0.3) is 0 Å². The first-order chi connectivity index (χ1) is 13.0. The topological polar surface area (TPSA) is 55.8 Å². The number of hydrogen-bond donors (Lipinski definition) is 1. The predicted octanol–water partition coefficient (Wildman–Crippen LogP) is 5.32. The van der Waals surface area contributed by atoms with Gasteiger partial charge < -0.3 is 14.6 Å². The molecule has 4 nitrogen and oxygen atoms in total. The second-order valence-electron chi connectivity index (χ2n) is 10.0. The van der Waals surface area contributed by atoms with Crippen molar-refractivity contribution in [2.24, 2.45) is 23.2 Å². The van der Waals surface area contributed by atoms with Gasteiger partial charge in [0.05, 0.1) is 30.6 Å². The Morgan fingerprint density at radius 3 is 2.26 bits per heavy atom. The highest BCUT2D eigenvalue weighted by Gasteiger charge is 2.51. The SMILES string of the molecule is CCCC1(CCCOC=C(CC23CC4CC(CC(C4)C2)C3)C(=O)O)CCO1. The fourth-order valence-corrected chi connectivity index (χ4v) is 7.08. The van der Waals surface area contributed by atoms with Crippen LogP contribution in [0.1, 0.15) is 84.0 Å². The Kier molecular flexibility index (Phi) is 5.55. The number of rotatable bonds is 10. The number of aliphatic carboxylic acids is 1. The van der Waals surface area contributed by atoms with Gasteiger partial charge in [0, 0.05) is 0 Å². The second-order valence-corrected chi connectivity index (χ2v) is 10.0. The fourth-order valence-electron chi connectivity index (χ4n) is 7.08. The molecule has 4 aliphatic carbocycles. The van der Waals surface area contributed by atoms with Crippen LogP contribution in [0.2, 0.25) is 0 Å². The number of carboxylic acid groups (broad SMARTS) is 1. The predicted molar refractivity (Wildman–Crippen MR) is 104 cm³/mol. The molecule has 152 valence electrons. The van der Waals surface area contributed by atoms with Crippen LogP contribution >= 0.6 is 0 Å². The molecule has 5 fully saturated rings. The van der Waals surface area contributed by atoms with E-state index in [-0.39, 0.29) is 11.0 Å². The van der Waals surface area contributed by atoms with Gasteiger partial charge in [0.15, 0.2) is 0 Å². The summed E-state index contributed by atoms with van der Waals surface area (Å²) in [5, 5.41) is 9.71. The van der Waals surface area contributed by atoms with Crippen LogP contribution < -0.4 is 0 Å². The Morgan fingerprint density at radius 2 is 1.78 bits per heavy atom. The normalized spacial score (nSPS) is 40.0. The molecule has 1 saturated heterocycles. The van der Waals surface area contributed by atoms with Gasteiger partial charge >= 0.3 is 5.97 Å². The van der Waals surface area contributed by atoms with Crippen molar-refractivity contribution in [1.29, 1.82) is 0 Å². The van der Waals surface area contributed by atoms with Crippen LogP contribution in [0.5, 0.6) is 0 Å². The average molecular weight is 377 g/mol. The molecule has 1 atom stereocenters. The Labute approximate surface area is 163 Å². The van der Waals surface area contributed by atoms with Gasteiger partial charge in [0.25, 0.3) is 0 Å². The van der Waals surface area contributed by atoms with Gasteiger partial charge in [-0.15, -0.1) is 0 Å². The minimum Gasteiger partial charge on any atom is -0.501 e. The largest absolute Gasteiger partial charge is 0.501 e. The number of carboxylic acids is 1. The van der Waals surface area contributed by atoms with Crippen molar-refractivity contribution >= 4 is 5.97 Å². The lowest BCUT2D eigenvalue weighted by atomic mass is 9.48. The van der Waals surface area contributed by atoms with E-state index in [1.165, 1.54) is 38.5 Å². The quantitative estimate of drug-likeness (QED) is 0.319. The van der Waals surface area contributed by atoms with Gasteiger partial charge in [-0.1, -0.05) is 13.3 Å². The maximum absolute atomic E-state index is 11.8. The molecule has 1 heterocycles. The van der Waals surface area contributed by atoms with Gasteiger partial charge in [0.2, 0.25) is 0 Å². The third-order valence-electron chi connectivity index (χ3n) is 7.80. The molecule has 0 spiro atoms. The fraction of sp³-hybridized carbons (Fsp3) is 0.870. The minimum atomic E-state index is -0.796.